The van der Waals surface area contributed by atoms with Crippen LogP contribution in [0.15, 0.2) is 42.9 Å². The molecule has 1 amide bonds. The number of halogens is 6. The lowest BCUT2D eigenvalue weighted by Crippen LogP contribution is -2.36. The van der Waals surface area contributed by atoms with Gasteiger partial charge < -0.3 is 15.5 Å². The lowest BCUT2D eigenvalue weighted by atomic mass is 9.78. The summed E-state index contributed by atoms with van der Waals surface area (Å²) in [6.45, 7) is 1.58. The van der Waals surface area contributed by atoms with Crippen LogP contribution in [0, 0.1) is 5.82 Å². The van der Waals surface area contributed by atoms with Crippen molar-refractivity contribution >= 4 is 23.2 Å². The quantitative estimate of drug-likeness (QED) is 0.379. The fraction of sp³-hybridized carbons (Fsp3) is 0.261. The van der Waals surface area contributed by atoms with Gasteiger partial charge in [-0.2, -0.15) is 22.0 Å². The molecule has 14 heteroatoms. The van der Waals surface area contributed by atoms with Crippen LogP contribution in [0.1, 0.15) is 30.2 Å². The fourth-order valence-corrected chi connectivity index (χ4v) is 4.27. The van der Waals surface area contributed by atoms with Gasteiger partial charge in [0.2, 0.25) is 5.91 Å². The summed E-state index contributed by atoms with van der Waals surface area (Å²) in [4.78, 5) is 29.7. The molecular formula is C23H17F6N7O. The van der Waals surface area contributed by atoms with Crippen LogP contribution < -0.4 is 11.1 Å². The number of hydrogen-bond acceptors (Lipinski definition) is 6. The molecule has 0 bridgehead atoms. The highest BCUT2D eigenvalue weighted by atomic mass is 19.4. The van der Waals surface area contributed by atoms with Gasteiger partial charge in [-0.25, -0.2) is 24.3 Å². The highest BCUT2D eigenvalue weighted by molar-refractivity contribution is 6.09. The number of imidazole rings is 1. The average Bonchev–Trinajstić information content (AvgIpc) is 3.40. The van der Waals surface area contributed by atoms with Crippen molar-refractivity contribution in [2.45, 2.75) is 37.3 Å². The summed E-state index contributed by atoms with van der Waals surface area (Å²) in [6, 6.07) is 5.28. The molecule has 3 aromatic heterocycles. The molecule has 1 unspecified atom stereocenters. The molecule has 1 aliphatic rings. The molecule has 0 saturated heterocycles. The molecule has 8 nitrogen and oxygen atoms in total. The number of carbonyl (C=O) groups excluding carboxylic acids is 1. The summed E-state index contributed by atoms with van der Waals surface area (Å²) in [5, 5.41) is 2.63. The van der Waals surface area contributed by atoms with Crippen molar-refractivity contribution < 1.29 is 31.1 Å². The SMILES string of the molecule is CC1(c2ccc(F)cc2)C(=O)Nc2nc(-c3cn4ccnc4c(CCC(F)(F)C(F)(F)F)n3)nc(N)c21. The smallest absolute Gasteiger partial charge is 0.383 e. The number of amides is 1. The molecule has 0 aliphatic carbocycles. The van der Waals surface area contributed by atoms with Gasteiger partial charge in [0.15, 0.2) is 11.5 Å². The van der Waals surface area contributed by atoms with Crippen LogP contribution in [0.25, 0.3) is 17.2 Å². The molecule has 37 heavy (non-hydrogen) atoms. The summed E-state index contributed by atoms with van der Waals surface area (Å²) >= 11 is 0. The number of carbonyl (C=O) groups is 1. The molecule has 1 aliphatic heterocycles. The normalized spacial score (nSPS) is 17.8. The number of anilines is 2. The molecule has 1 aromatic carbocycles. The minimum Gasteiger partial charge on any atom is -0.383 e. The standard InChI is InChI=1S/C23H17F6N7O/c1-21(11-2-4-12(24)5-3-11)15-16(30)33-17(34-18(15)35-20(21)37)14-10-36-9-8-31-19(36)13(32-14)6-7-22(25,26)23(27,28)29/h2-5,8-10H,6-7H2,1H3,(H3,30,33,34,35,37). The van der Waals surface area contributed by atoms with Gasteiger partial charge >= 0.3 is 12.1 Å². The van der Waals surface area contributed by atoms with E-state index in [1.807, 2.05) is 0 Å². The first-order valence-electron chi connectivity index (χ1n) is 10.8. The van der Waals surface area contributed by atoms with E-state index in [9.17, 15) is 31.1 Å². The predicted octanol–water partition coefficient (Wildman–Crippen LogP) is 4.30. The minimum absolute atomic E-state index is 0.00922. The molecule has 0 fully saturated rings. The minimum atomic E-state index is -5.71. The third-order valence-corrected chi connectivity index (χ3v) is 6.31. The van der Waals surface area contributed by atoms with Gasteiger partial charge in [-0.05, 0) is 31.0 Å². The summed E-state index contributed by atoms with van der Waals surface area (Å²) in [7, 11) is 0. The summed E-state index contributed by atoms with van der Waals surface area (Å²) in [5.74, 6) is -6.02. The van der Waals surface area contributed by atoms with Crippen molar-refractivity contribution in [1.29, 1.82) is 0 Å². The van der Waals surface area contributed by atoms with Gasteiger partial charge in [0.1, 0.15) is 28.6 Å². The van der Waals surface area contributed by atoms with Crippen molar-refractivity contribution in [1.82, 2.24) is 24.3 Å². The van der Waals surface area contributed by atoms with Gasteiger partial charge in [0.05, 0.1) is 11.3 Å². The Morgan fingerprint density at radius 1 is 1.08 bits per heavy atom. The third kappa shape index (κ3) is 3.92. The van der Waals surface area contributed by atoms with E-state index in [1.165, 1.54) is 47.3 Å². The number of nitrogens with one attached hydrogen (secondary N) is 1. The zero-order valence-corrected chi connectivity index (χ0v) is 18.9. The van der Waals surface area contributed by atoms with Gasteiger partial charge in [-0.3, -0.25) is 4.79 Å². The molecule has 0 spiro atoms. The molecular weight excluding hydrogens is 504 g/mol. The Kier molecular flexibility index (Phi) is 5.39. The van der Waals surface area contributed by atoms with E-state index >= 15 is 0 Å². The van der Waals surface area contributed by atoms with Crippen LogP contribution in [0.3, 0.4) is 0 Å². The number of nitrogen functional groups attached to an aromatic ring is 1. The molecule has 4 heterocycles. The van der Waals surface area contributed by atoms with Crippen molar-refractivity contribution in [3.63, 3.8) is 0 Å². The summed E-state index contributed by atoms with van der Waals surface area (Å²) < 4.78 is 79.9. The van der Waals surface area contributed by atoms with Gasteiger partial charge in [-0.15, -0.1) is 0 Å². The Morgan fingerprint density at radius 3 is 2.46 bits per heavy atom. The second kappa shape index (κ2) is 8.15. The Morgan fingerprint density at radius 2 is 1.78 bits per heavy atom. The zero-order chi connectivity index (χ0) is 26.8. The second-order valence-corrected chi connectivity index (χ2v) is 8.68. The van der Waals surface area contributed by atoms with E-state index in [4.69, 9.17) is 5.73 Å². The molecule has 4 aromatic rings. The Labute approximate surface area is 204 Å². The third-order valence-electron chi connectivity index (χ3n) is 6.31. The van der Waals surface area contributed by atoms with Gasteiger partial charge in [0.25, 0.3) is 0 Å². The van der Waals surface area contributed by atoms with Crippen LogP contribution in [0.2, 0.25) is 0 Å². The van der Waals surface area contributed by atoms with Crippen LogP contribution >= 0.6 is 0 Å². The number of hydrogen-bond donors (Lipinski definition) is 2. The van der Waals surface area contributed by atoms with Crippen LogP contribution in [0.4, 0.5) is 38.0 Å². The molecule has 0 saturated carbocycles. The Bertz CT molecular complexity index is 1530. The molecule has 1 atom stereocenters. The van der Waals surface area contributed by atoms with E-state index in [2.05, 4.69) is 25.3 Å². The molecule has 3 N–H and O–H groups in total. The van der Waals surface area contributed by atoms with E-state index in [-0.39, 0.29) is 40.1 Å². The Balaban J connectivity index is 1.57. The van der Waals surface area contributed by atoms with Crippen LogP contribution in [0.5, 0.6) is 0 Å². The number of aryl methyl sites for hydroxylation is 1. The molecule has 192 valence electrons. The molecule has 0 radical (unpaired) electrons. The van der Waals surface area contributed by atoms with Crippen molar-refractivity contribution in [2.75, 3.05) is 11.1 Å². The number of alkyl halides is 5. The van der Waals surface area contributed by atoms with Gasteiger partial charge in [-0.1, -0.05) is 12.1 Å². The van der Waals surface area contributed by atoms with E-state index in [0.29, 0.717) is 5.56 Å². The van der Waals surface area contributed by atoms with Crippen LogP contribution in [-0.2, 0) is 16.6 Å². The van der Waals surface area contributed by atoms with E-state index < -0.39 is 42.1 Å². The maximum absolute atomic E-state index is 13.6. The lowest BCUT2D eigenvalue weighted by Gasteiger charge is -2.23. The number of nitrogens with two attached hydrogens (primary N) is 1. The van der Waals surface area contributed by atoms with Crippen molar-refractivity contribution in [3.05, 3.63) is 65.5 Å². The van der Waals surface area contributed by atoms with Crippen molar-refractivity contribution in [3.8, 4) is 11.5 Å². The maximum atomic E-state index is 13.6. The number of nitrogens with zero attached hydrogens (tertiary/aromatic N) is 5. The lowest BCUT2D eigenvalue weighted by molar-refractivity contribution is -0.284. The first kappa shape index (κ1) is 24.5. The maximum Gasteiger partial charge on any atom is 0.453 e. The number of benzene rings is 1. The largest absolute Gasteiger partial charge is 0.453 e. The van der Waals surface area contributed by atoms with Gasteiger partial charge in [0, 0.05) is 25.0 Å². The number of aromatic nitrogens is 5. The number of rotatable bonds is 5. The van der Waals surface area contributed by atoms with Crippen molar-refractivity contribution in [2.24, 2.45) is 0 Å². The topological polar surface area (TPSA) is 111 Å². The monoisotopic (exact) mass is 521 g/mol. The highest BCUT2D eigenvalue weighted by Crippen LogP contribution is 2.45. The zero-order valence-electron chi connectivity index (χ0n) is 18.9. The fourth-order valence-electron chi connectivity index (χ4n) is 4.27. The van der Waals surface area contributed by atoms with Crippen LogP contribution in [-0.4, -0.2) is 42.3 Å². The predicted molar refractivity (Wildman–Crippen MR) is 119 cm³/mol. The van der Waals surface area contributed by atoms with E-state index in [0.717, 1.165) is 0 Å². The highest BCUT2D eigenvalue weighted by Gasteiger charge is 2.56. The summed E-state index contributed by atoms with van der Waals surface area (Å²) in [6.07, 6.45) is -3.78. The first-order valence-corrected chi connectivity index (χ1v) is 10.8. The average molecular weight is 521 g/mol. The second-order valence-electron chi connectivity index (χ2n) is 8.68. The molecule has 5 rings (SSSR count). The Hall–Kier alpha value is -4.23. The van der Waals surface area contributed by atoms with E-state index in [1.54, 1.807) is 6.92 Å². The summed E-state index contributed by atoms with van der Waals surface area (Å²) in [5.41, 5.74) is 5.55. The first-order chi connectivity index (χ1) is 17.3. The number of fused-ring (bicyclic) bond motifs is 2.